The smallest absolute Gasteiger partial charge is 0.246 e. The van der Waals surface area contributed by atoms with E-state index in [1.54, 1.807) is 6.92 Å². The minimum atomic E-state index is -0.801. The molecule has 0 radical (unpaired) electrons. The molecule has 1 atom stereocenters. The van der Waals surface area contributed by atoms with E-state index in [0.717, 1.165) is 0 Å². The number of amides is 2. The SMILES string of the molecule is CCC(C(N)=O)C(=O)NN. The molecule has 0 aliphatic carbocycles. The van der Waals surface area contributed by atoms with Gasteiger partial charge >= 0.3 is 0 Å². The third-order valence-electron chi connectivity index (χ3n) is 1.21. The van der Waals surface area contributed by atoms with Gasteiger partial charge in [-0.1, -0.05) is 6.92 Å². The second-order valence-electron chi connectivity index (χ2n) is 1.87. The van der Waals surface area contributed by atoms with Crippen LogP contribution in [0.1, 0.15) is 13.3 Å². The first kappa shape index (κ1) is 8.90. The lowest BCUT2D eigenvalue weighted by Crippen LogP contribution is -2.41. The van der Waals surface area contributed by atoms with Crippen LogP contribution in [0.25, 0.3) is 0 Å². The van der Waals surface area contributed by atoms with E-state index < -0.39 is 17.7 Å². The summed E-state index contributed by atoms with van der Waals surface area (Å²) in [4.78, 5) is 21.1. The van der Waals surface area contributed by atoms with Gasteiger partial charge in [0.05, 0.1) is 0 Å². The number of carbonyl (C=O) groups excluding carboxylic acids is 2. The van der Waals surface area contributed by atoms with Crippen LogP contribution in [0.4, 0.5) is 0 Å². The zero-order valence-electron chi connectivity index (χ0n) is 5.76. The van der Waals surface area contributed by atoms with Crippen molar-refractivity contribution in [1.82, 2.24) is 5.43 Å². The first-order valence-corrected chi connectivity index (χ1v) is 2.93. The average molecular weight is 145 g/mol. The number of hydrogen-bond acceptors (Lipinski definition) is 3. The highest BCUT2D eigenvalue weighted by Gasteiger charge is 2.20. The molecule has 0 saturated carbocycles. The lowest BCUT2D eigenvalue weighted by molar-refractivity contribution is -0.133. The number of nitrogens with two attached hydrogens (primary N) is 2. The number of nitrogens with one attached hydrogen (secondary N) is 1. The fourth-order valence-electron chi connectivity index (χ4n) is 0.616. The molecule has 0 spiro atoms. The molecular weight excluding hydrogens is 134 g/mol. The molecule has 0 aromatic heterocycles. The largest absolute Gasteiger partial charge is 0.369 e. The predicted octanol–water partition coefficient (Wildman–Crippen LogP) is -1.51. The van der Waals surface area contributed by atoms with Crippen molar-refractivity contribution in [3.63, 3.8) is 0 Å². The van der Waals surface area contributed by atoms with Crippen molar-refractivity contribution in [2.45, 2.75) is 13.3 Å². The molecule has 0 aliphatic rings. The lowest BCUT2D eigenvalue weighted by Gasteiger charge is -2.06. The van der Waals surface area contributed by atoms with E-state index in [2.05, 4.69) is 0 Å². The zero-order chi connectivity index (χ0) is 8.15. The molecule has 0 bridgehead atoms. The van der Waals surface area contributed by atoms with Crippen LogP contribution in [-0.2, 0) is 9.59 Å². The summed E-state index contributed by atoms with van der Waals surface area (Å²) in [7, 11) is 0. The molecule has 0 aromatic rings. The number of hydrogen-bond donors (Lipinski definition) is 3. The summed E-state index contributed by atoms with van der Waals surface area (Å²) < 4.78 is 0. The molecule has 5 nitrogen and oxygen atoms in total. The molecular formula is C5H11N3O2. The maximum absolute atomic E-state index is 10.6. The molecule has 0 aliphatic heterocycles. The van der Waals surface area contributed by atoms with Crippen molar-refractivity contribution >= 4 is 11.8 Å². The van der Waals surface area contributed by atoms with E-state index in [1.807, 2.05) is 5.43 Å². The highest BCUT2D eigenvalue weighted by molar-refractivity contribution is 5.99. The fourth-order valence-corrected chi connectivity index (χ4v) is 0.616. The van der Waals surface area contributed by atoms with E-state index in [4.69, 9.17) is 11.6 Å². The average Bonchev–Trinajstić information content (AvgIpc) is 1.88. The van der Waals surface area contributed by atoms with Gasteiger partial charge in [0.1, 0.15) is 5.92 Å². The van der Waals surface area contributed by atoms with Crippen molar-refractivity contribution in [3.8, 4) is 0 Å². The second kappa shape index (κ2) is 3.84. The zero-order valence-corrected chi connectivity index (χ0v) is 5.76. The van der Waals surface area contributed by atoms with Crippen LogP contribution in [0.3, 0.4) is 0 Å². The highest BCUT2D eigenvalue weighted by atomic mass is 16.2. The Morgan fingerprint density at radius 2 is 2.10 bits per heavy atom. The van der Waals surface area contributed by atoms with Crippen molar-refractivity contribution in [1.29, 1.82) is 0 Å². The normalized spacial score (nSPS) is 12.2. The Balaban J connectivity index is 4.06. The van der Waals surface area contributed by atoms with E-state index in [-0.39, 0.29) is 0 Å². The number of hydrazine groups is 1. The van der Waals surface area contributed by atoms with Crippen LogP contribution in [0.2, 0.25) is 0 Å². The highest BCUT2D eigenvalue weighted by Crippen LogP contribution is 1.99. The van der Waals surface area contributed by atoms with Crippen LogP contribution in [-0.4, -0.2) is 11.8 Å². The minimum Gasteiger partial charge on any atom is -0.369 e. The number of rotatable bonds is 3. The molecule has 0 fully saturated rings. The van der Waals surface area contributed by atoms with Gasteiger partial charge in [0, 0.05) is 0 Å². The summed E-state index contributed by atoms with van der Waals surface area (Å²) in [5.41, 5.74) is 6.73. The lowest BCUT2D eigenvalue weighted by atomic mass is 10.1. The molecule has 5 N–H and O–H groups in total. The van der Waals surface area contributed by atoms with E-state index in [0.29, 0.717) is 6.42 Å². The van der Waals surface area contributed by atoms with Gasteiger partial charge in [0.2, 0.25) is 11.8 Å². The topological polar surface area (TPSA) is 98.2 Å². The molecule has 2 amide bonds. The Kier molecular flexibility index (Phi) is 3.42. The van der Waals surface area contributed by atoms with Crippen LogP contribution >= 0.6 is 0 Å². The molecule has 10 heavy (non-hydrogen) atoms. The first-order chi connectivity index (χ1) is 4.63. The Hall–Kier alpha value is -1.10. The van der Waals surface area contributed by atoms with Gasteiger partial charge in [-0.15, -0.1) is 0 Å². The summed E-state index contributed by atoms with van der Waals surface area (Å²) in [6, 6.07) is 0. The number of primary amides is 1. The van der Waals surface area contributed by atoms with Crippen molar-refractivity contribution < 1.29 is 9.59 Å². The van der Waals surface area contributed by atoms with Gasteiger partial charge in [-0.05, 0) is 6.42 Å². The molecule has 0 aromatic carbocycles. The maximum Gasteiger partial charge on any atom is 0.246 e. The van der Waals surface area contributed by atoms with Crippen LogP contribution in [0.15, 0.2) is 0 Å². The summed E-state index contributed by atoms with van der Waals surface area (Å²) in [6.45, 7) is 1.69. The summed E-state index contributed by atoms with van der Waals surface area (Å²) in [5.74, 6) is 2.80. The van der Waals surface area contributed by atoms with Crippen LogP contribution in [0, 0.1) is 5.92 Å². The molecule has 58 valence electrons. The fraction of sp³-hybridized carbons (Fsp3) is 0.600. The first-order valence-electron chi connectivity index (χ1n) is 2.93. The Morgan fingerprint density at radius 3 is 2.20 bits per heavy atom. The third kappa shape index (κ3) is 2.02. The van der Waals surface area contributed by atoms with Gasteiger partial charge in [0.15, 0.2) is 0 Å². The van der Waals surface area contributed by atoms with E-state index in [1.165, 1.54) is 0 Å². The minimum absolute atomic E-state index is 0.373. The molecule has 0 rings (SSSR count). The summed E-state index contributed by atoms with van der Waals surface area (Å²) in [6.07, 6.45) is 0.373. The Labute approximate surface area is 58.7 Å². The van der Waals surface area contributed by atoms with Crippen molar-refractivity contribution in [3.05, 3.63) is 0 Å². The number of carbonyl (C=O) groups is 2. The molecule has 0 heterocycles. The third-order valence-corrected chi connectivity index (χ3v) is 1.21. The standard InChI is InChI=1S/C5H11N3O2/c1-2-3(4(6)9)5(10)8-7/h3H,2,7H2,1H3,(H2,6,9)(H,8,10). The van der Waals surface area contributed by atoms with Crippen molar-refractivity contribution in [2.75, 3.05) is 0 Å². The van der Waals surface area contributed by atoms with Gasteiger partial charge in [-0.25, -0.2) is 5.84 Å². The van der Waals surface area contributed by atoms with Crippen molar-refractivity contribution in [2.24, 2.45) is 17.5 Å². The van der Waals surface area contributed by atoms with Gasteiger partial charge in [-0.3, -0.25) is 15.0 Å². The Morgan fingerprint density at radius 1 is 1.60 bits per heavy atom. The van der Waals surface area contributed by atoms with Crippen LogP contribution in [0.5, 0.6) is 0 Å². The van der Waals surface area contributed by atoms with Crippen LogP contribution < -0.4 is 17.0 Å². The summed E-state index contributed by atoms with van der Waals surface area (Å²) >= 11 is 0. The van der Waals surface area contributed by atoms with E-state index >= 15 is 0 Å². The molecule has 1 unspecified atom stereocenters. The van der Waals surface area contributed by atoms with Gasteiger partial charge in [-0.2, -0.15) is 0 Å². The quantitative estimate of drug-likeness (QED) is 0.195. The van der Waals surface area contributed by atoms with E-state index in [9.17, 15) is 9.59 Å². The second-order valence-corrected chi connectivity index (χ2v) is 1.87. The Bertz CT molecular complexity index is 146. The summed E-state index contributed by atoms with van der Waals surface area (Å²) in [5, 5.41) is 0. The predicted molar refractivity (Wildman–Crippen MR) is 35.3 cm³/mol. The monoisotopic (exact) mass is 145 g/mol. The molecule has 0 saturated heterocycles. The molecule has 5 heteroatoms. The maximum atomic E-state index is 10.6. The van der Waals surface area contributed by atoms with Gasteiger partial charge < -0.3 is 5.73 Å². The van der Waals surface area contributed by atoms with Gasteiger partial charge in [0.25, 0.3) is 0 Å².